The first-order valence-corrected chi connectivity index (χ1v) is 7.55. The molecule has 0 radical (unpaired) electrons. The minimum absolute atomic E-state index is 0. The third kappa shape index (κ3) is 4.09. The number of nitrogens with two attached hydrogens (primary N) is 2. The number of nitrogens with one attached hydrogen (secondary N) is 1. The summed E-state index contributed by atoms with van der Waals surface area (Å²) >= 11 is 0. The highest BCUT2D eigenvalue weighted by atomic mass is 35.5. The lowest BCUT2D eigenvalue weighted by Crippen LogP contribution is -2.35. The molecule has 0 spiro atoms. The number of H-pyrrole nitrogens is 1. The van der Waals surface area contributed by atoms with E-state index in [1.807, 2.05) is 27.0 Å². The summed E-state index contributed by atoms with van der Waals surface area (Å²) in [7, 11) is 2.00. The monoisotopic (exact) mass is 373 g/mol. The van der Waals surface area contributed by atoms with Gasteiger partial charge in [0.05, 0.1) is 11.4 Å². The van der Waals surface area contributed by atoms with Crippen LogP contribution in [0, 0.1) is 13.8 Å². The fourth-order valence-corrected chi connectivity index (χ4v) is 2.90. The van der Waals surface area contributed by atoms with E-state index in [4.69, 9.17) is 11.5 Å². The normalized spacial score (nSPS) is 19.0. The molecule has 0 bridgehead atoms. The maximum absolute atomic E-state index is 5.88. The van der Waals surface area contributed by atoms with Crippen molar-refractivity contribution in [1.29, 1.82) is 0 Å². The number of anilines is 2. The highest BCUT2D eigenvalue weighted by molar-refractivity contribution is 5.85. The molecule has 7 nitrogen and oxygen atoms in total. The first-order valence-electron chi connectivity index (χ1n) is 7.55. The van der Waals surface area contributed by atoms with Crippen LogP contribution < -0.4 is 16.4 Å². The molecule has 134 valence electrons. The van der Waals surface area contributed by atoms with Gasteiger partial charge in [0.1, 0.15) is 5.82 Å². The topological polar surface area (TPSA) is 110 Å². The lowest BCUT2D eigenvalue weighted by molar-refractivity contribution is 0.345. The molecule has 0 unspecified atom stereocenters. The standard InChI is InChI=1S/C15H23N7.2ClH/c1-8-12(9(2)21-20-8)7-22(3)14-6-13(18-15(17)19-14)10-4-11(16)5-10;;/h6,10-11H,4-5,7,16H2,1-3H3,(H,20,21)(H2,17,18,19);2*1H. The van der Waals surface area contributed by atoms with Crippen molar-refractivity contribution in [3.05, 3.63) is 28.7 Å². The second kappa shape index (κ2) is 8.00. The van der Waals surface area contributed by atoms with Crippen molar-refractivity contribution in [1.82, 2.24) is 20.2 Å². The Balaban J connectivity index is 0.00000144. The maximum Gasteiger partial charge on any atom is 0.222 e. The van der Waals surface area contributed by atoms with E-state index in [9.17, 15) is 0 Å². The van der Waals surface area contributed by atoms with E-state index in [1.165, 1.54) is 5.56 Å². The van der Waals surface area contributed by atoms with Crippen LogP contribution in [0.2, 0.25) is 0 Å². The smallest absolute Gasteiger partial charge is 0.222 e. The van der Waals surface area contributed by atoms with Gasteiger partial charge in [-0.05, 0) is 26.7 Å². The lowest BCUT2D eigenvalue weighted by atomic mass is 9.78. The van der Waals surface area contributed by atoms with E-state index in [0.717, 1.165) is 42.3 Å². The Morgan fingerprint density at radius 2 is 1.92 bits per heavy atom. The number of rotatable bonds is 4. The van der Waals surface area contributed by atoms with Gasteiger partial charge in [-0.1, -0.05) is 0 Å². The van der Waals surface area contributed by atoms with Gasteiger partial charge in [0.25, 0.3) is 0 Å². The van der Waals surface area contributed by atoms with Gasteiger partial charge in [0, 0.05) is 42.9 Å². The zero-order valence-corrected chi connectivity index (χ0v) is 15.7. The predicted molar refractivity (Wildman–Crippen MR) is 101 cm³/mol. The SMILES string of the molecule is Cc1n[nH]c(C)c1CN(C)c1cc(C2CC(N)C2)nc(N)n1.Cl.Cl. The van der Waals surface area contributed by atoms with Crippen LogP contribution in [0.3, 0.4) is 0 Å². The van der Waals surface area contributed by atoms with Gasteiger partial charge in [0.15, 0.2) is 0 Å². The van der Waals surface area contributed by atoms with Crippen molar-refractivity contribution in [3.63, 3.8) is 0 Å². The third-order valence-electron chi connectivity index (χ3n) is 4.41. The van der Waals surface area contributed by atoms with E-state index < -0.39 is 0 Å². The molecular formula is C15H25Cl2N7. The highest BCUT2D eigenvalue weighted by Crippen LogP contribution is 2.35. The molecule has 5 N–H and O–H groups in total. The summed E-state index contributed by atoms with van der Waals surface area (Å²) in [5, 5.41) is 7.24. The second-order valence-corrected chi connectivity index (χ2v) is 6.21. The Labute approximate surface area is 154 Å². The Morgan fingerprint density at radius 3 is 2.46 bits per heavy atom. The molecule has 1 saturated carbocycles. The fraction of sp³-hybridized carbons (Fsp3) is 0.533. The van der Waals surface area contributed by atoms with Crippen molar-refractivity contribution in [2.75, 3.05) is 17.7 Å². The van der Waals surface area contributed by atoms with Crippen LogP contribution in [0.1, 0.15) is 41.4 Å². The van der Waals surface area contributed by atoms with Gasteiger partial charge in [-0.3, -0.25) is 5.10 Å². The van der Waals surface area contributed by atoms with Gasteiger partial charge in [-0.15, -0.1) is 24.8 Å². The van der Waals surface area contributed by atoms with E-state index in [2.05, 4.69) is 25.1 Å². The molecule has 1 fully saturated rings. The van der Waals surface area contributed by atoms with Crippen molar-refractivity contribution in [3.8, 4) is 0 Å². The molecule has 3 rings (SSSR count). The van der Waals surface area contributed by atoms with Crippen LogP contribution in [-0.2, 0) is 6.54 Å². The summed E-state index contributed by atoms with van der Waals surface area (Å²) in [5.74, 6) is 1.56. The molecule has 24 heavy (non-hydrogen) atoms. The van der Waals surface area contributed by atoms with E-state index in [-0.39, 0.29) is 24.8 Å². The number of nitrogens with zero attached hydrogens (tertiary/aromatic N) is 4. The first-order chi connectivity index (χ1) is 10.4. The first kappa shape index (κ1) is 20.5. The predicted octanol–water partition coefficient (Wildman–Crippen LogP) is 2.08. The number of aromatic nitrogens is 4. The molecule has 0 aromatic carbocycles. The molecule has 0 aliphatic heterocycles. The zero-order valence-electron chi connectivity index (χ0n) is 14.1. The lowest BCUT2D eigenvalue weighted by Gasteiger charge is -2.32. The number of nitrogen functional groups attached to an aromatic ring is 1. The van der Waals surface area contributed by atoms with Crippen LogP contribution in [0.4, 0.5) is 11.8 Å². The van der Waals surface area contributed by atoms with Crippen LogP contribution in [0.15, 0.2) is 6.07 Å². The summed E-state index contributed by atoms with van der Waals surface area (Å²) in [6.07, 6.45) is 1.94. The molecule has 1 aliphatic rings. The molecular weight excluding hydrogens is 349 g/mol. The molecule has 2 aromatic rings. The number of aryl methyl sites for hydroxylation is 2. The maximum atomic E-state index is 5.88. The van der Waals surface area contributed by atoms with Crippen LogP contribution >= 0.6 is 24.8 Å². The molecule has 1 aliphatic carbocycles. The Hall–Kier alpha value is -1.57. The summed E-state index contributed by atoms with van der Waals surface area (Å²) < 4.78 is 0. The van der Waals surface area contributed by atoms with Crippen molar-refractivity contribution < 1.29 is 0 Å². The summed E-state index contributed by atoms with van der Waals surface area (Å²) in [4.78, 5) is 10.8. The van der Waals surface area contributed by atoms with Crippen molar-refractivity contribution >= 4 is 36.6 Å². The van der Waals surface area contributed by atoms with Crippen molar-refractivity contribution in [2.45, 2.75) is 45.2 Å². The molecule has 0 amide bonds. The third-order valence-corrected chi connectivity index (χ3v) is 4.41. The molecule has 0 atom stereocenters. The van der Waals surface area contributed by atoms with E-state index in [1.54, 1.807) is 0 Å². The number of halogens is 2. The number of hydrogen-bond acceptors (Lipinski definition) is 6. The number of hydrogen-bond donors (Lipinski definition) is 3. The van der Waals surface area contributed by atoms with Crippen LogP contribution in [-0.4, -0.2) is 33.3 Å². The van der Waals surface area contributed by atoms with Gasteiger partial charge in [0.2, 0.25) is 5.95 Å². The Morgan fingerprint density at radius 1 is 1.25 bits per heavy atom. The second-order valence-electron chi connectivity index (χ2n) is 6.21. The van der Waals surface area contributed by atoms with Gasteiger partial charge in [-0.25, -0.2) is 4.98 Å². The molecule has 2 heterocycles. The Kier molecular flexibility index (Phi) is 6.83. The summed E-state index contributed by atoms with van der Waals surface area (Å²) in [6, 6.07) is 2.32. The minimum atomic E-state index is 0. The molecule has 2 aromatic heterocycles. The average Bonchev–Trinajstić information content (AvgIpc) is 2.75. The largest absolute Gasteiger partial charge is 0.368 e. The average molecular weight is 374 g/mol. The van der Waals surface area contributed by atoms with E-state index >= 15 is 0 Å². The fourth-order valence-electron chi connectivity index (χ4n) is 2.90. The molecule has 9 heteroatoms. The summed E-state index contributed by atoms with van der Waals surface area (Å²) in [6.45, 7) is 4.76. The van der Waals surface area contributed by atoms with Gasteiger partial charge in [-0.2, -0.15) is 10.1 Å². The summed E-state index contributed by atoms with van der Waals surface area (Å²) in [5.41, 5.74) is 16.0. The minimum Gasteiger partial charge on any atom is -0.368 e. The Bertz CT molecular complexity index is 663. The molecule has 0 saturated heterocycles. The quantitative estimate of drug-likeness (QED) is 0.756. The van der Waals surface area contributed by atoms with E-state index in [0.29, 0.717) is 17.9 Å². The van der Waals surface area contributed by atoms with Gasteiger partial charge >= 0.3 is 0 Å². The zero-order chi connectivity index (χ0) is 15.9. The van der Waals surface area contributed by atoms with Crippen molar-refractivity contribution in [2.24, 2.45) is 5.73 Å². The highest BCUT2D eigenvalue weighted by Gasteiger charge is 2.29. The van der Waals surface area contributed by atoms with Gasteiger partial charge < -0.3 is 16.4 Å². The van der Waals surface area contributed by atoms with Crippen LogP contribution in [0.5, 0.6) is 0 Å². The van der Waals surface area contributed by atoms with Crippen LogP contribution in [0.25, 0.3) is 0 Å². The number of aromatic amines is 1.